The van der Waals surface area contributed by atoms with Crippen molar-refractivity contribution in [3.8, 4) is 0 Å². The van der Waals surface area contributed by atoms with Crippen LogP contribution in [0, 0.1) is 11.8 Å². The highest BCUT2D eigenvalue weighted by Gasteiger charge is 2.31. The molecule has 2 aliphatic rings. The van der Waals surface area contributed by atoms with Crippen LogP contribution >= 0.6 is 0 Å². The number of carbonyl (C=O) groups is 6. The van der Waals surface area contributed by atoms with Crippen LogP contribution in [-0.4, -0.2) is 162 Å². The second-order valence-corrected chi connectivity index (χ2v) is 18.2. The molecule has 0 fully saturated rings. The smallest absolute Gasteiger partial charge is 0.266 e. The Kier molecular flexibility index (Phi) is 28.0. The van der Waals surface area contributed by atoms with Gasteiger partial charge in [-0.15, -0.1) is 5.53 Å². The molecule has 22 nitrogen and oxygen atoms in total. The van der Waals surface area contributed by atoms with E-state index < -0.39 is 51.7 Å². The number of nitrogens with zero attached hydrogens (tertiary/aromatic N) is 1. The van der Waals surface area contributed by atoms with E-state index >= 15 is 0 Å². The van der Waals surface area contributed by atoms with Gasteiger partial charge in [-0.3, -0.25) is 38.3 Å². The van der Waals surface area contributed by atoms with Gasteiger partial charge in [-0.2, -0.15) is 8.42 Å². The van der Waals surface area contributed by atoms with Gasteiger partial charge in [0.05, 0.1) is 82.6 Å². The Morgan fingerprint density at radius 2 is 1.40 bits per heavy atom. The predicted molar refractivity (Wildman–Crippen MR) is 239 cm³/mol. The minimum absolute atomic E-state index is 0.0614. The maximum atomic E-state index is 13.3. The van der Waals surface area contributed by atoms with Gasteiger partial charge < -0.3 is 55.7 Å². The van der Waals surface area contributed by atoms with Crippen LogP contribution in [0.2, 0.25) is 0 Å². The van der Waals surface area contributed by atoms with Crippen LogP contribution < -0.4 is 37.5 Å². The molecule has 1 aliphatic heterocycles. The molecule has 4 atom stereocenters. The van der Waals surface area contributed by atoms with Gasteiger partial charge in [0, 0.05) is 32.4 Å². The molecule has 2 rings (SSSR count). The molecule has 65 heavy (non-hydrogen) atoms. The number of carbonyl (C=O) groups excluding carboxylic acids is 6. The summed E-state index contributed by atoms with van der Waals surface area (Å²) in [6.45, 7) is 13.4. The molecule has 0 saturated carbocycles. The molecule has 1 aliphatic carbocycles. The number of hydrogen-bond donors (Lipinski definition) is 8. The maximum Gasteiger partial charge on any atom is 0.266 e. The summed E-state index contributed by atoms with van der Waals surface area (Å²) in [6, 6.07) is -2.50. The highest BCUT2D eigenvalue weighted by molar-refractivity contribution is 7.85. The number of Topliss-reactive ketones (excluding diaryl/α,β-unsaturated/α-hetero) is 1. The van der Waals surface area contributed by atoms with Crippen LogP contribution in [0.15, 0.2) is 11.4 Å². The molecule has 1 unspecified atom stereocenters. The number of rotatable bonds is 34. The van der Waals surface area contributed by atoms with Crippen molar-refractivity contribution >= 4 is 45.4 Å². The normalized spacial score (nSPS) is 16.8. The molecule has 0 bridgehead atoms. The molecule has 23 heteroatoms. The Labute approximate surface area is 384 Å². The van der Waals surface area contributed by atoms with Crippen molar-refractivity contribution in [2.75, 3.05) is 84.8 Å². The SMILES string of the molecule is CC(=O)N[C@H](CCCCNC(=O)COC1CCCCCC2=C1NNN2CCOCCOCCOCCOCCC(=O)NCCS(=O)(=O)O)C(=O)N[C@H](C(=O)N[C@@H](C)C(=O)C(C)C)C(C)C. The minimum atomic E-state index is -4.11. The van der Waals surface area contributed by atoms with Gasteiger partial charge in [-0.1, -0.05) is 40.5 Å². The lowest BCUT2D eigenvalue weighted by atomic mass is 9.99. The van der Waals surface area contributed by atoms with E-state index in [0.717, 1.165) is 43.5 Å². The summed E-state index contributed by atoms with van der Waals surface area (Å²) >= 11 is 0. The molecular weight excluding hydrogens is 873 g/mol. The third-order valence-electron chi connectivity index (χ3n) is 10.3. The number of ether oxygens (including phenoxy) is 5. The molecule has 0 radical (unpaired) electrons. The summed E-state index contributed by atoms with van der Waals surface area (Å²) < 4.78 is 58.2. The Morgan fingerprint density at radius 3 is 2.02 bits per heavy atom. The van der Waals surface area contributed by atoms with Crippen molar-refractivity contribution in [1.29, 1.82) is 0 Å². The van der Waals surface area contributed by atoms with Gasteiger partial charge in [0.15, 0.2) is 5.78 Å². The summed E-state index contributed by atoms with van der Waals surface area (Å²) in [5.41, 5.74) is 8.43. The standard InChI is InChI=1S/C42H76N8O14S/c1-29(2)38(42(56)45-31(5)40(54)30(3)4)47-41(55)33(46-32(6)51)12-10-11-16-43-37(53)28-64-35-14-9-7-8-13-34-39(35)48-49-50(34)18-20-61-22-24-63-26-25-62-23-21-60-19-15-36(52)44-17-27-65(57,58)59/h29-31,33,35,38,48-49H,7-28H2,1-6H3,(H,43,53)(H,44,52)(H,45,56)(H,46,51)(H,47,55)(H,57,58,59)/t31-,33+,35?,38-/m0/s1. The maximum absolute atomic E-state index is 13.3. The lowest BCUT2D eigenvalue weighted by molar-refractivity contribution is -0.134. The van der Waals surface area contributed by atoms with Gasteiger partial charge >= 0.3 is 0 Å². The van der Waals surface area contributed by atoms with E-state index in [2.05, 4.69) is 37.5 Å². The third kappa shape index (κ3) is 24.9. The Bertz CT molecular complexity index is 1630. The molecule has 0 aromatic heterocycles. The van der Waals surface area contributed by atoms with Crippen LogP contribution in [0.5, 0.6) is 0 Å². The fourth-order valence-corrected chi connectivity index (χ4v) is 7.21. The number of ketones is 1. The van der Waals surface area contributed by atoms with Crippen LogP contribution in [0.3, 0.4) is 0 Å². The molecule has 0 spiro atoms. The van der Waals surface area contributed by atoms with Gasteiger partial charge in [0.25, 0.3) is 10.1 Å². The second-order valence-electron chi connectivity index (χ2n) is 16.6. The number of unbranched alkanes of at least 4 members (excludes halogenated alkanes) is 1. The van der Waals surface area contributed by atoms with Gasteiger partial charge in [-0.05, 0) is 51.4 Å². The molecule has 0 saturated heterocycles. The van der Waals surface area contributed by atoms with Gasteiger partial charge in [0.2, 0.25) is 29.5 Å². The number of nitrogens with one attached hydrogen (secondary N) is 7. The average molecular weight is 949 g/mol. The van der Waals surface area contributed by atoms with Crippen LogP contribution in [0.25, 0.3) is 0 Å². The number of hydrazine groups is 2. The summed E-state index contributed by atoms with van der Waals surface area (Å²) in [5.74, 6) is -3.21. The van der Waals surface area contributed by atoms with Crippen molar-refractivity contribution in [1.82, 2.24) is 42.6 Å². The first kappa shape index (κ1) is 57.2. The largest absolute Gasteiger partial charge is 0.379 e. The van der Waals surface area contributed by atoms with Crippen LogP contribution in [-0.2, 0) is 62.6 Å². The van der Waals surface area contributed by atoms with E-state index in [9.17, 15) is 37.2 Å². The fraction of sp³-hybridized carbons (Fsp3) is 0.810. The minimum Gasteiger partial charge on any atom is -0.379 e. The zero-order chi connectivity index (χ0) is 48.2. The number of amides is 5. The van der Waals surface area contributed by atoms with Crippen molar-refractivity contribution < 1.29 is 65.4 Å². The quantitative estimate of drug-likeness (QED) is 0.0311. The van der Waals surface area contributed by atoms with Crippen molar-refractivity contribution in [3.05, 3.63) is 11.4 Å². The van der Waals surface area contributed by atoms with Crippen molar-refractivity contribution in [2.24, 2.45) is 11.8 Å². The first-order chi connectivity index (χ1) is 30.9. The van der Waals surface area contributed by atoms with Gasteiger partial charge in [-0.25, -0.2) is 0 Å². The first-order valence-electron chi connectivity index (χ1n) is 22.7. The van der Waals surface area contributed by atoms with Crippen LogP contribution in [0.4, 0.5) is 0 Å². The lowest BCUT2D eigenvalue weighted by Crippen LogP contribution is -2.57. The van der Waals surface area contributed by atoms with E-state index in [4.69, 9.17) is 28.2 Å². The Balaban J connectivity index is 1.65. The predicted octanol–water partition coefficient (Wildman–Crippen LogP) is -0.00560. The highest BCUT2D eigenvalue weighted by atomic mass is 32.2. The molecule has 374 valence electrons. The van der Waals surface area contributed by atoms with E-state index in [1.54, 1.807) is 34.6 Å². The van der Waals surface area contributed by atoms with E-state index in [1.165, 1.54) is 6.92 Å². The topological polar surface area (TPSA) is 290 Å². The highest BCUT2D eigenvalue weighted by Crippen LogP contribution is 2.28. The summed E-state index contributed by atoms with van der Waals surface area (Å²) in [6.07, 6.45) is 5.70. The summed E-state index contributed by atoms with van der Waals surface area (Å²) in [4.78, 5) is 75.0. The summed E-state index contributed by atoms with van der Waals surface area (Å²) in [7, 11) is -4.11. The lowest BCUT2D eigenvalue weighted by Gasteiger charge is -2.26. The van der Waals surface area contributed by atoms with E-state index in [-0.39, 0.29) is 74.7 Å². The Morgan fingerprint density at radius 1 is 0.769 bits per heavy atom. The number of hydrogen-bond acceptors (Lipinski definition) is 16. The summed E-state index contributed by atoms with van der Waals surface area (Å²) in [5, 5.41) is 15.4. The molecule has 0 aromatic rings. The molecule has 8 N–H and O–H groups in total. The first-order valence-corrected chi connectivity index (χ1v) is 24.3. The Hall–Kier alpha value is -3.97. The monoisotopic (exact) mass is 949 g/mol. The molecule has 1 heterocycles. The van der Waals surface area contributed by atoms with Gasteiger partial charge in [0.1, 0.15) is 24.8 Å². The second kappa shape index (κ2) is 31.9. The molecular formula is C42H76N8O14S. The molecule has 0 aromatic carbocycles. The zero-order valence-electron chi connectivity index (χ0n) is 39.1. The van der Waals surface area contributed by atoms with Crippen molar-refractivity contribution in [2.45, 2.75) is 124 Å². The molecule has 5 amide bonds. The fourth-order valence-electron chi connectivity index (χ4n) is 6.85. The van der Waals surface area contributed by atoms with Crippen LogP contribution in [0.1, 0.15) is 99.3 Å². The zero-order valence-corrected chi connectivity index (χ0v) is 39.9. The average Bonchev–Trinajstić information content (AvgIpc) is 3.61. The van der Waals surface area contributed by atoms with E-state index in [1.807, 2.05) is 5.01 Å². The number of allylic oxidation sites excluding steroid dienone is 1. The van der Waals surface area contributed by atoms with Crippen molar-refractivity contribution in [3.63, 3.8) is 0 Å². The third-order valence-corrected chi connectivity index (χ3v) is 11.1. The van der Waals surface area contributed by atoms with E-state index in [0.29, 0.717) is 65.6 Å².